The Hall–Kier alpha value is -4.54. The zero-order valence-electron chi connectivity index (χ0n) is 19.9. The fraction of sp³-hybridized carbons (Fsp3) is 0.240. The van der Waals surface area contributed by atoms with E-state index in [1.54, 1.807) is 31.2 Å². The molecule has 4 rings (SSSR count). The van der Waals surface area contributed by atoms with Crippen molar-refractivity contribution < 1.29 is 9.18 Å². The van der Waals surface area contributed by atoms with Gasteiger partial charge >= 0.3 is 5.69 Å². The number of nitrogens with one attached hydrogen (secondary N) is 1. The molecule has 0 radical (unpaired) electrons. The maximum Gasteiger partial charge on any atom is 0.330 e. The minimum absolute atomic E-state index is 0.0108. The number of benzene rings is 2. The minimum atomic E-state index is -0.788. The number of rotatable bonds is 8. The first-order valence-electron chi connectivity index (χ1n) is 11.5. The number of hydrogen-bond donors (Lipinski definition) is 2. The molecule has 11 heteroatoms. The van der Waals surface area contributed by atoms with E-state index in [9.17, 15) is 18.8 Å². The molecule has 0 saturated carbocycles. The van der Waals surface area contributed by atoms with Crippen LogP contribution in [0.15, 0.2) is 64.2 Å². The quantitative estimate of drug-likeness (QED) is 0.390. The van der Waals surface area contributed by atoms with Crippen LogP contribution in [0.25, 0.3) is 5.69 Å². The van der Waals surface area contributed by atoms with Crippen LogP contribution in [0.3, 0.4) is 0 Å². The van der Waals surface area contributed by atoms with Crippen LogP contribution < -0.4 is 21.9 Å². The molecule has 0 saturated heterocycles. The average Bonchev–Trinajstić information content (AvgIpc) is 3.25. The Balaban J connectivity index is 1.82. The van der Waals surface area contributed by atoms with E-state index in [4.69, 9.17) is 5.73 Å². The van der Waals surface area contributed by atoms with Gasteiger partial charge in [0.05, 0.1) is 12.2 Å². The number of aromatic nitrogens is 5. The van der Waals surface area contributed by atoms with Crippen LogP contribution in [0.1, 0.15) is 41.8 Å². The van der Waals surface area contributed by atoms with E-state index in [1.165, 1.54) is 38.4 Å². The summed E-state index contributed by atoms with van der Waals surface area (Å²) >= 11 is 0. The molecular weight excluding hydrogens is 465 g/mol. The van der Waals surface area contributed by atoms with Crippen molar-refractivity contribution in [2.75, 3.05) is 10.6 Å². The van der Waals surface area contributed by atoms with Crippen molar-refractivity contribution in [2.24, 2.45) is 0 Å². The van der Waals surface area contributed by atoms with Crippen LogP contribution in [-0.2, 0) is 13.1 Å². The molecule has 2 aromatic carbocycles. The third-order valence-corrected chi connectivity index (χ3v) is 5.68. The lowest BCUT2D eigenvalue weighted by atomic mass is 10.2. The zero-order chi connectivity index (χ0) is 25.8. The summed E-state index contributed by atoms with van der Waals surface area (Å²) in [6.07, 6.45) is 1.46. The van der Waals surface area contributed by atoms with Crippen molar-refractivity contribution in [3.05, 3.63) is 98.5 Å². The number of anilines is 2. The van der Waals surface area contributed by atoms with Gasteiger partial charge in [-0.2, -0.15) is 0 Å². The second kappa shape index (κ2) is 10.4. The second-order valence-electron chi connectivity index (χ2n) is 8.25. The van der Waals surface area contributed by atoms with Gasteiger partial charge in [-0.3, -0.25) is 24.0 Å². The molecule has 2 heterocycles. The highest BCUT2D eigenvalue weighted by Crippen LogP contribution is 2.22. The molecule has 0 unspecified atom stereocenters. The minimum Gasteiger partial charge on any atom is -0.383 e. The zero-order valence-corrected chi connectivity index (χ0v) is 19.9. The van der Waals surface area contributed by atoms with Gasteiger partial charge in [0.25, 0.3) is 11.5 Å². The molecule has 0 aliphatic rings. The first kappa shape index (κ1) is 24.6. The summed E-state index contributed by atoms with van der Waals surface area (Å²) in [7, 11) is 0. The molecule has 0 aliphatic carbocycles. The maximum absolute atomic E-state index is 13.7. The van der Waals surface area contributed by atoms with E-state index in [-0.39, 0.29) is 30.4 Å². The summed E-state index contributed by atoms with van der Waals surface area (Å²) < 4.78 is 16.0. The van der Waals surface area contributed by atoms with Gasteiger partial charge in [-0.1, -0.05) is 43.7 Å². The number of nitrogens with two attached hydrogens (primary N) is 1. The molecule has 4 aromatic rings. The summed E-state index contributed by atoms with van der Waals surface area (Å²) in [5.74, 6) is -0.996. The standard InChI is InChI=1S/C25H26FN7O3/c1-3-4-14-31-21(27)20(23(34)29-25(31)36)32(15-17-8-6-5-7-9-17)24(35)22-28-16(2)33(30-22)19-12-10-18(26)11-13-19/h5-13H,3-4,14-15,27H2,1-2H3,(H,29,34,36). The molecule has 0 fully saturated rings. The third kappa shape index (κ3) is 4.95. The summed E-state index contributed by atoms with van der Waals surface area (Å²) in [5.41, 5.74) is 5.96. The predicted octanol–water partition coefficient (Wildman–Crippen LogP) is 2.79. The molecule has 0 bridgehead atoms. The van der Waals surface area contributed by atoms with Crippen LogP contribution in [0.4, 0.5) is 15.9 Å². The molecule has 0 aliphatic heterocycles. The van der Waals surface area contributed by atoms with Crippen molar-refractivity contribution in [3.63, 3.8) is 0 Å². The number of aryl methyl sites for hydroxylation is 1. The second-order valence-corrected chi connectivity index (χ2v) is 8.25. The summed E-state index contributed by atoms with van der Waals surface area (Å²) in [4.78, 5) is 46.9. The largest absolute Gasteiger partial charge is 0.383 e. The fourth-order valence-corrected chi connectivity index (χ4v) is 3.82. The number of H-pyrrole nitrogens is 1. The number of unbranched alkanes of at least 4 members (excludes halogenated alkanes) is 1. The highest BCUT2D eigenvalue weighted by atomic mass is 19.1. The molecule has 3 N–H and O–H groups in total. The summed E-state index contributed by atoms with van der Waals surface area (Å²) in [6.45, 7) is 3.89. The highest BCUT2D eigenvalue weighted by molar-refractivity contribution is 6.04. The van der Waals surface area contributed by atoms with Crippen LogP contribution >= 0.6 is 0 Å². The number of hydrogen-bond acceptors (Lipinski definition) is 6. The molecule has 36 heavy (non-hydrogen) atoms. The van der Waals surface area contributed by atoms with Crippen LogP contribution in [-0.4, -0.2) is 30.2 Å². The lowest BCUT2D eigenvalue weighted by Gasteiger charge is -2.23. The Kier molecular flexibility index (Phi) is 7.09. The molecule has 2 aromatic heterocycles. The van der Waals surface area contributed by atoms with E-state index >= 15 is 0 Å². The predicted molar refractivity (Wildman–Crippen MR) is 134 cm³/mol. The monoisotopic (exact) mass is 491 g/mol. The van der Waals surface area contributed by atoms with Crippen molar-refractivity contribution in [3.8, 4) is 5.69 Å². The number of halogens is 1. The molecule has 0 atom stereocenters. The first-order chi connectivity index (χ1) is 17.3. The van der Waals surface area contributed by atoms with Gasteiger partial charge < -0.3 is 5.73 Å². The Morgan fingerprint density at radius 1 is 1.11 bits per heavy atom. The SMILES string of the molecule is CCCCn1c(N)c(N(Cc2ccccc2)C(=O)c2nc(C)n(-c3ccc(F)cc3)n2)c(=O)[nH]c1=O. The van der Waals surface area contributed by atoms with Crippen molar-refractivity contribution >= 4 is 17.4 Å². The van der Waals surface area contributed by atoms with Crippen molar-refractivity contribution in [1.82, 2.24) is 24.3 Å². The van der Waals surface area contributed by atoms with E-state index in [2.05, 4.69) is 15.1 Å². The van der Waals surface area contributed by atoms with Gasteiger partial charge in [-0.25, -0.2) is 18.9 Å². The molecule has 1 amide bonds. The van der Waals surface area contributed by atoms with Crippen LogP contribution in [0.2, 0.25) is 0 Å². The Labute approximate surface area is 205 Å². The lowest BCUT2D eigenvalue weighted by molar-refractivity contribution is 0.0974. The molecule has 0 spiro atoms. The van der Waals surface area contributed by atoms with E-state index in [0.29, 0.717) is 17.9 Å². The number of amides is 1. The summed E-state index contributed by atoms with van der Waals surface area (Å²) in [6, 6.07) is 14.6. The van der Waals surface area contributed by atoms with Crippen molar-refractivity contribution in [2.45, 2.75) is 39.8 Å². The van der Waals surface area contributed by atoms with Gasteiger partial charge in [-0.05, 0) is 43.2 Å². The highest BCUT2D eigenvalue weighted by Gasteiger charge is 2.28. The van der Waals surface area contributed by atoms with Gasteiger partial charge in [0.1, 0.15) is 17.5 Å². The Morgan fingerprint density at radius 2 is 1.81 bits per heavy atom. The number of nitrogens with zero attached hydrogens (tertiary/aromatic N) is 5. The normalized spacial score (nSPS) is 11.0. The number of nitrogen functional groups attached to an aromatic ring is 1. The van der Waals surface area contributed by atoms with Crippen molar-refractivity contribution in [1.29, 1.82) is 0 Å². The summed E-state index contributed by atoms with van der Waals surface area (Å²) in [5, 5.41) is 4.32. The first-order valence-corrected chi connectivity index (χ1v) is 11.5. The Bertz CT molecular complexity index is 1490. The maximum atomic E-state index is 13.7. The van der Waals surface area contributed by atoms with Gasteiger partial charge in [-0.15, -0.1) is 5.10 Å². The Morgan fingerprint density at radius 3 is 2.47 bits per heavy atom. The average molecular weight is 492 g/mol. The smallest absolute Gasteiger partial charge is 0.330 e. The van der Waals surface area contributed by atoms with Crippen LogP contribution in [0, 0.1) is 12.7 Å². The number of carbonyl (C=O) groups excluding carboxylic acids is 1. The number of carbonyl (C=O) groups is 1. The number of aromatic amines is 1. The van der Waals surface area contributed by atoms with E-state index < -0.39 is 23.0 Å². The van der Waals surface area contributed by atoms with Gasteiger partial charge in [0.15, 0.2) is 5.69 Å². The van der Waals surface area contributed by atoms with E-state index in [1.807, 2.05) is 13.0 Å². The third-order valence-electron chi connectivity index (χ3n) is 5.68. The lowest BCUT2D eigenvalue weighted by Crippen LogP contribution is -2.41. The topological polar surface area (TPSA) is 132 Å². The molecular formula is C25H26FN7O3. The van der Waals surface area contributed by atoms with Gasteiger partial charge in [0.2, 0.25) is 5.82 Å². The fourth-order valence-electron chi connectivity index (χ4n) is 3.82. The van der Waals surface area contributed by atoms with Crippen LogP contribution in [0.5, 0.6) is 0 Å². The molecule has 10 nitrogen and oxygen atoms in total. The molecule has 186 valence electrons. The van der Waals surface area contributed by atoms with E-state index in [0.717, 1.165) is 12.0 Å². The van der Waals surface area contributed by atoms with Gasteiger partial charge in [0, 0.05) is 6.54 Å².